The van der Waals surface area contributed by atoms with Gasteiger partial charge in [0.05, 0.1) is 26.0 Å². The fourth-order valence-corrected chi connectivity index (χ4v) is 2.38. The predicted octanol–water partition coefficient (Wildman–Crippen LogP) is 3.32. The fraction of sp³-hybridized carbons (Fsp3) is 0.444. The van der Waals surface area contributed by atoms with Gasteiger partial charge in [-0.15, -0.1) is 0 Å². The van der Waals surface area contributed by atoms with Crippen molar-refractivity contribution >= 4 is 5.97 Å². The van der Waals surface area contributed by atoms with E-state index in [1.807, 2.05) is 31.2 Å². The Labute approximate surface area is 137 Å². The number of esters is 1. The fourth-order valence-electron chi connectivity index (χ4n) is 2.38. The number of methoxy groups -OCH3 is 1. The summed E-state index contributed by atoms with van der Waals surface area (Å²) in [7, 11) is 1.65. The van der Waals surface area contributed by atoms with Crippen LogP contribution in [0.4, 0.5) is 0 Å². The van der Waals surface area contributed by atoms with Gasteiger partial charge >= 0.3 is 5.97 Å². The van der Waals surface area contributed by atoms with Crippen LogP contribution < -0.4 is 4.74 Å². The van der Waals surface area contributed by atoms with Gasteiger partial charge < -0.3 is 9.47 Å². The zero-order valence-corrected chi connectivity index (χ0v) is 14.2. The lowest BCUT2D eigenvalue weighted by Gasteiger charge is -2.04. The van der Waals surface area contributed by atoms with E-state index in [4.69, 9.17) is 9.47 Å². The zero-order valence-electron chi connectivity index (χ0n) is 14.2. The standard InChI is InChI=1S/C18H24N2O3/c1-5-23-18(21)16-12-20(19-17(16)10-13(2)3)11-14-6-8-15(22-4)9-7-14/h6-9,12-13H,5,10-11H2,1-4H3. The molecule has 0 spiro atoms. The summed E-state index contributed by atoms with van der Waals surface area (Å²) < 4.78 is 12.1. The maximum atomic E-state index is 12.1. The Morgan fingerprint density at radius 3 is 2.52 bits per heavy atom. The van der Waals surface area contributed by atoms with E-state index < -0.39 is 0 Å². The van der Waals surface area contributed by atoms with Crippen LogP contribution in [-0.2, 0) is 17.7 Å². The van der Waals surface area contributed by atoms with Gasteiger partial charge in [0.15, 0.2) is 0 Å². The number of nitrogens with zero attached hydrogens (tertiary/aromatic N) is 2. The van der Waals surface area contributed by atoms with Crippen LogP contribution in [0.1, 0.15) is 42.4 Å². The molecule has 0 saturated carbocycles. The summed E-state index contributed by atoms with van der Waals surface area (Å²) >= 11 is 0. The molecule has 0 aliphatic carbocycles. The normalized spacial score (nSPS) is 10.8. The molecule has 23 heavy (non-hydrogen) atoms. The van der Waals surface area contributed by atoms with E-state index >= 15 is 0 Å². The molecule has 2 aromatic rings. The molecular formula is C18H24N2O3. The summed E-state index contributed by atoms with van der Waals surface area (Å²) in [6, 6.07) is 7.82. The molecule has 0 amide bonds. The molecule has 0 unspecified atom stereocenters. The van der Waals surface area contributed by atoms with Crippen LogP contribution in [-0.4, -0.2) is 29.5 Å². The lowest BCUT2D eigenvalue weighted by Crippen LogP contribution is -2.08. The Balaban J connectivity index is 2.22. The molecule has 1 aromatic heterocycles. The number of ether oxygens (including phenoxy) is 2. The Bertz CT molecular complexity index is 645. The van der Waals surface area contributed by atoms with Crippen molar-refractivity contribution in [3.05, 3.63) is 47.3 Å². The lowest BCUT2D eigenvalue weighted by atomic mass is 10.1. The lowest BCUT2D eigenvalue weighted by molar-refractivity contribution is 0.0525. The molecule has 124 valence electrons. The largest absolute Gasteiger partial charge is 0.497 e. The molecule has 1 heterocycles. The van der Waals surface area contributed by atoms with E-state index in [1.165, 1.54) is 0 Å². The third-order valence-electron chi connectivity index (χ3n) is 3.44. The molecular weight excluding hydrogens is 292 g/mol. The quantitative estimate of drug-likeness (QED) is 0.735. The molecule has 0 radical (unpaired) electrons. The van der Waals surface area contributed by atoms with Gasteiger partial charge in [0.2, 0.25) is 0 Å². The van der Waals surface area contributed by atoms with Crippen molar-refractivity contribution < 1.29 is 14.3 Å². The first-order valence-corrected chi connectivity index (χ1v) is 7.89. The van der Waals surface area contributed by atoms with Crippen LogP contribution in [0.3, 0.4) is 0 Å². The number of aromatic nitrogens is 2. The van der Waals surface area contributed by atoms with Gasteiger partial charge in [-0.1, -0.05) is 26.0 Å². The highest BCUT2D eigenvalue weighted by Gasteiger charge is 2.18. The van der Waals surface area contributed by atoms with Crippen molar-refractivity contribution in [2.75, 3.05) is 13.7 Å². The van der Waals surface area contributed by atoms with Crippen LogP contribution in [0.5, 0.6) is 5.75 Å². The molecule has 0 bridgehead atoms. The molecule has 0 atom stereocenters. The molecule has 0 aliphatic heterocycles. The molecule has 1 aromatic carbocycles. The first-order chi connectivity index (χ1) is 11.0. The van der Waals surface area contributed by atoms with Crippen LogP contribution in [0, 0.1) is 5.92 Å². The summed E-state index contributed by atoms with van der Waals surface area (Å²) in [6.45, 7) is 6.99. The predicted molar refractivity (Wildman–Crippen MR) is 88.8 cm³/mol. The van der Waals surface area contributed by atoms with Crippen molar-refractivity contribution in [2.24, 2.45) is 5.92 Å². The first kappa shape index (κ1) is 17.1. The van der Waals surface area contributed by atoms with E-state index in [0.29, 0.717) is 24.6 Å². The second-order valence-corrected chi connectivity index (χ2v) is 5.85. The molecule has 0 aliphatic rings. The number of benzene rings is 1. The smallest absolute Gasteiger partial charge is 0.341 e. The van der Waals surface area contributed by atoms with E-state index in [9.17, 15) is 4.79 Å². The van der Waals surface area contributed by atoms with Crippen LogP contribution >= 0.6 is 0 Å². The third-order valence-corrected chi connectivity index (χ3v) is 3.44. The Morgan fingerprint density at radius 2 is 1.96 bits per heavy atom. The Kier molecular flexibility index (Phi) is 5.79. The van der Waals surface area contributed by atoms with Crippen LogP contribution in [0.2, 0.25) is 0 Å². The van der Waals surface area contributed by atoms with Crippen molar-refractivity contribution in [1.29, 1.82) is 0 Å². The highest BCUT2D eigenvalue weighted by atomic mass is 16.5. The van der Waals surface area contributed by atoms with Crippen molar-refractivity contribution in [2.45, 2.75) is 33.7 Å². The van der Waals surface area contributed by atoms with Gasteiger partial charge in [-0.05, 0) is 37.0 Å². The highest BCUT2D eigenvalue weighted by molar-refractivity contribution is 5.90. The molecule has 0 N–H and O–H groups in total. The number of carbonyl (C=O) groups is 1. The van der Waals surface area contributed by atoms with Crippen LogP contribution in [0.25, 0.3) is 0 Å². The van der Waals surface area contributed by atoms with E-state index in [0.717, 1.165) is 23.4 Å². The van der Waals surface area contributed by atoms with Crippen molar-refractivity contribution in [3.63, 3.8) is 0 Å². The maximum absolute atomic E-state index is 12.1. The minimum absolute atomic E-state index is 0.302. The molecule has 0 saturated heterocycles. The summed E-state index contributed by atoms with van der Waals surface area (Å²) in [6.07, 6.45) is 2.53. The van der Waals surface area contributed by atoms with Gasteiger partial charge in [0.1, 0.15) is 11.3 Å². The van der Waals surface area contributed by atoms with E-state index in [2.05, 4.69) is 18.9 Å². The Hall–Kier alpha value is -2.30. The summed E-state index contributed by atoms with van der Waals surface area (Å²) in [5, 5.41) is 4.58. The minimum atomic E-state index is -0.302. The average Bonchev–Trinajstić information content (AvgIpc) is 2.90. The molecule has 2 rings (SSSR count). The second-order valence-electron chi connectivity index (χ2n) is 5.85. The number of rotatable bonds is 7. The number of hydrogen-bond acceptors (Lipinski definition) is 4. The summed E-state index contributed by atoms with van der Waals surface area (Å²) in [5.41, 5.74) is 2.46. The molecule has 5 nitrogen and oxygen atoms in total. The van der Waals surface area contributed by atoms with E-state index in [-0.39, 0.29) is 5.97 Å². The van der Waals surface area contributed by atoms with Crippen LogP contribution in [0.15, 0.2) is 30.5 Å². The van der Waals surface area contributed by atoms with Gasteiger partial charge in [-0.2, -0.15) is 5.10 Å². The van der Waals surface area contributed by atoms with E-state index in [1.54, 1.807) is 18.0 Å². The first-order valence-electron chi connectivity index (χ1n) is 7.89. The minimum Gasteiger partial charge on any atom is -0.497 e. The van der Waals surface area contributed by atoms with Gasteiger partial charge in [-0.3, -0.25) is 4.68 Å². The SMILES string of the molecule is CCOC(=O)c1cn(Cc2ccc(OC)cc2)nc1CC(C)C. The Morgan fingerprint density at radius 1 is 1.26 bits per heavy atom. The monoisotopic (exact) mass is 316 g/mol. The van der Waals surface area contributed by atoms with Gasteiger partial charge in [-0.25, -0.2) is 4.79 Å². The second kappa shape index (κ2) is 7.81. The van der Waals surface area contributed by atoms with Crippen molar-refractivity contribution in [1.82, 2.24) is 9.78 Å². The summed E-state index contributed by atoms with van der Waals surface area (Å²) in [5.74, 6) is 0.943. The van der Waals surface area contributed by atoms with Gasteiger partial charge in [0.25, 0.3) is 0 Å². The number of hydrogen-bond donors (Lipinski definition) is 0. The topological polar surface area (TPSA) is 53.4 Å². The summed E-state index contributed by atoms with van der Waals surface area (Å²) in [4.78, 5) is 12.1. The molecule has 5 heteroatoms. The van der Waals surface area contributed by atoms with Crippen molar-refractivity contribution in [3.8, 4) is 5.75 Å². The third kappa shape index (κ3) is 4.58. The maximum Gasteiger partial charge on any atom is 0.341 e. The highest BCUT2D eigenvalue weighted by Crippen LogP contribution is 2.16. The average molecular weight is 316 g/mol. The number of carbonyl (C=O) groups excluding carboxylic acids is 1. The zero-order chi connectivity index (χ0) is 16.8. The molecule has 0 fully saturated rings. The van der Waals surface area contributed by atoms with Gasteiger partial charge in [0, 0.05) is 6.20 Å².